The lowest BCUT2D eigenvalue weighted by Gasteiger charge is -2.06. The molecule has 0 saturated heterocycles. The van der Waals surface area contributed by atoms with Gasteiger partial charge in [-0.25, -0.2) is 4.98 Å². The second-order valence-corrected chi connectivity index (χ2v) is 6.91. The largest absolute Gasteiger partial charge is 0.508 e. The predicted octanol–water partition coefficient (Wildman–Crippen LogP) is 5.83. The average molecular weight is 367 g/mol. The van der Waals surface area contributed by atoms with E-state index in [1.54, 1.807) is 23.9 Å². The fourth-order valence-corrected chi connectivity index (χ4v) is 3.73. The van der Waals surface area contributed by atoms with Gasteiger partial charge in [-0.15, -0.1) is 23.1 Å². The van der Waals surface area contributed by atoms with Gasteiger partial charge in [-0.2, -0.15) is 13.2 Å². The first kappa shape index (κ1) is 16.9. The van der Waals surface area contributed by atoms with Crippen LogP contribution in [0.1, 0.15) is 11.3 Å². The van der Waals surface area contributed by atoms with E-state index in [0.29, 0.717) is 16.3 Å². The average Bonchev–Trinajstić information content (AvgIpc) is 3.03. The molecule has 0 bridgehead atoms. The molecular formula is C17H12F3NOS2. The maximum absolute atomic E-state index is 12.6. The molecule has 2 aromatic carbocycles. The first-order chi connectivity index (χ1) is 11.4. The normalized spacial score (nSPS) is 11.6. The van der Waals surface area contributed by atoms with Crippen molar-refractivity contribution in [3.8, 4) is 16.3 Å². The van der Waals surface area contributed by atoms with Gasteiger partial charge in [0, 0.05) is 21.6 Å². The van der Waals surface area contributed by atoms with Crippen LogP contribution in [0.15, 0.2) is 58.8 Å². The molecule has 124 valence electrons. The number of halogens is 3. The summed E-state index contributed by atoms with van der Waals surface area (Å²) in [5.41, 5.74) is 0.882. The van der Waals surface area contributed by atoms with Gasteiger partial charge in [0.15, 0.2) is 0 Å². The molecule has 0 radical (unpaired) electrons. The SMILES string of the molecule is Oc1ccc(SCc2csc(-c3ccc(C(F)(F)F)cc3)n2)cc1. The van der Waals surface area contributed by atoms with E-state index in [4.69, 9.17) is 0 Å². The molecule has 0 amide bonds. The molecule has 0 unspecified atom stereocenters. The summed E-state index contributed by atoms with van der Waals surface area (Å²) in [6.07, 6.45) is -4.33. The van der Waals surface area contributed by atoms with Crippen molar-refractivity contribution in [2.45, 2.75) is 16.8 Å². The Balaban J connectivity index is 1.68. The van der Waals surface area contributed by atoms with Crippen molar-refractivity contribution in [1.29, 1.82) is 0 Å². The monoisotopic (exact) mass is 367 g/mol. The molecule has 1 aromatic heterocycles. The number of thioether (sulfide) groups is 1. The molecule has 0 spiro atoms. The second-order valence-electron chi connectivity index (χ2n) is 5.00. The van der Waals surface area contributed by atoms with Crippen LogP contribution in [0.25, 0.3) is 10.6 Å². The Morgan fingerprint density at radius 2 is 1.67 bits per heavy atom. The van der Waals surface area contributed by atoms with Crippen molar-refractivity contribution >= 4 is 23.1 Å². The molecule has 0 aliphatic carbocycles. The Kier molecular flexibility index (Phi) is 4.82. The third kappa shape index (κ3) is 4.10. The van der Waals surface area contributed by atoms with E-state index in [2.05, 4.69) is 4.98 Å². The number of phenols is 1. The van der Waals surface area contributed by atoms with Crippen LogP contribution >= 0.6 is 23.1 Å². The lowest BCUT2D eigenvalue weighted by molar-refractivity contribution is -0.137. The van der Waals surface area contributed by atoms with Gasteiger partial charge >= 0.3 is 6.18 Å². The van der Waals surface area contributed by atoms with Crippen LogP contribution < -0.4 is 0 Å². The minimum atomic E-state index is -4.33. The predicted molar refractivity (Wildman–Crippen MR) is 90.2 cm³/mol. The number of hydrogen-bond acceptors (Lipinski definition) is 4. The summed E-state index contributed by atoms with van der Waals surface area (Å²) in [7, 11) is 0. The molecule has 2 nitrogen and oxygen atoms in total. The van der Waals surface area contributed by atoms with Crippen LogP contribution in [0.2, 0.25) is 0 Å². The summed E-state index contributed by atoms with van der Waals surface area (Å²) in [6.45, 7) is 0. The zero-order valence-corrected chi connectivity index (χ0v) is 13.9. The minimum absolute atomic E-state index is 0.220. The van der Waals surface area contributed by atoms with Crippen LogP contribution in [-0.2, 0) is 11.9 Å². The van der Waals surface area contributed by atoms with E-state index in [1.807, 2.05) is 17.5 Å². The van der Waals surface area contributed by atoms with Crippen LogP contribution in [0, 0.1) is 0 Å². The third-order valence-electron chi connectivity index (χ3n) is 3.23. The maximum Gasteiger partial charge on any atom is 0.416 e. The zero-order valence-electron chi connectivity index (χ0n) is 12.2. The summed E-state index contributed by atoms with van der Waals surface area (Å²) >= 11 is 2.99. The maximum atomic E-state index is 12.6. The van der Waals surface area contributed by atoms with Crippen molar-refractivity contribution in [3.63, 3.8) is 0 Å². The minimum Gasteiger partial charge on any atom is -0.508 e. The second kappa shape index (κ2) is 6.86. The van der Waals surface area contributed by atoms with Crippen LogP contribution in [0.3, 0.4) is 0 Å². The highest BCUT2D eigenvalue weighted by Crippen LogP contribution is 2.32. The summed E-state index contributed by atoms with van der Waals surface area (Å²) in [4.78, 5) is 5.48. The van der Waals surface area contributed by atoms with Crippen molar-refractivity contribution in [2.75, 3.05) is 0 Å². The molecule has 1 N–H and O–H groups in total. The van der Waals surface area contributed by atoms with Gasteiger partial charge in [-0.3, -0.25) is 0 Å². The van der Waals surface area contributed by atoms with Gasteiger partial charge in [0.05, 0.1) is 11.3 Å². The van der Waals surface area contributed by atoms with Gasteiger partial charge in [0.2, 0.25) is 0 Å². The smallest absolute Gasteiger partial charge is 0.416 e. The molecule has 1 heterocycles. The van der Waals surface area contributed by atoms with E-state index in [-0.39, 0.29) is 5.75 Å². The molecular weight excluding hydrogens is 355 g/mol. The molecule has 0 fully saturated rings. The number of benzene rings is 2. The standard InChI is InChI=1S/C17H12F3NOS2/c18-17(19,20)12-3-1-11(2-4-12)16-21-13(10-24-16)9-23-15-7-5-14(22)6-8-15/h1-8,10,22H,9H2. The Bertz CT molecular complexity index is 811. The number of alkyl halides is 3. The van der Waals surface area contributed by atoms with Crippen molar-refractivity contribution in [1.82, 2.24) is 4.98 Å². The molecule has 3 rings (SSSR count). The number of thiazole rings is 1. The number of hydrogen-bond donors (Lipinski definition) is 1. The lowest BCUT2D eigenvalue weighted by atomic mass is 10.1. The number of aromatic nitrogens is 1. The fourth-order valence-electron chi connectivity index (χ4n) is 2.01. The highest BCUT2D eigenvalue weighted by atomic mass is 32.2. The van der Waals surface area contributed by atoms with Crippen LogP contribution in [0.4, 0.5) is 13.2 Å². The zero-order chi connectivity index (χ0) is 17.2. The number of nitrogens with zero attached hydrogens (tertiary/aromatic N) is 1. The molecule has 0 saturated carbocycles. The summed E-state index contributed by atoms with van der Waals surface area (Å²) in [5, 5.41) is 11.9. The van der Waals surface area contributed by atoms with Gasteiger partial charge in [-0.1, -0.05) is 12.1 Å². The van der Waals surface area contributed by atoms with E-state index < -0.39 is 11.7 Å². The van der Waals surface area contributed by atoms with Gasteiger partial charge in [-0.05, 0) is 36.4 Å². The summed E-state index contributed by atoms with van der Waals surface area (Å²) in [6, 6.07) is 11.9. The van der Waals surface area contributed by atoms with Crippen LogP contribution in [0.5, 0.6) is 5.75 Å². The summed E-state index contributed by atoms with van der Waals surface area (Å²) < 4.78 is 37.7. The quantitative estimate of drug-likeness (QED) is 0.589. The lowest BCUT2D eigenvalue weighted by Crippen LogP contribution is -2.03. The molecule has 7 heteroatoms. The Morgan fingerprint density at radius 3 is 2.29 bits per heavy atom. The fraction of sp³-hybridized carbons (Fsp3) is 0.118. The van der Waals surface area contributed by atoms with E-state index >= 15 is 0 Å². The molecule has 0 aliphatic rings. The first-order valence-corrected chi connectivity index (χ1v) is 8.82. The van der Waals surface area contributed by atoms with Crippen LogP contribution in [-0.4, -0.2) is 10.1 Å². The molecule has 24 heavy (non-hydrogen) atoms. The first-order valence-electron chi connectivity index (χ1n) is 6.96. The van der Waals surface area contributed by atoms with E-state index in [1.165, 1.54) is 23.5 Å². The number of aromatic hydroxyl groups is 1. The number of phenolic OH excluding ortho intramolecular Hbond substituents is 1. The van der Waals surface area contributed by atoms with Crippen molar-refractivity contribution in [2.24, 2.45) is 0 Å². The summed E-state index contributed by atoms with van der Waals surface area (Å²) in [5.74, 6) is 0.875. The topological polar surface area (TPSA) is 33.1 Å². The van der Waals surface area contributed by atoms with Gasteiger partial charge < -0.3 is 5.11 Å². The van der Waals surface area contributed by atoms with E-state index in [9.17, 15) is 18.3 Å². The highest BCUT2D eigenvalue weighted by Gasteiger charge is 2.30. The third-order valence-corrected chi connectivity index (χ3v) is 5.22. The van der Waals surface area contributed by atoms with Crippen molar-refractivity contribution < 1.29 is 18.3 Å². The molecule has 0 aliphatic heterocycles. The van der Waals surface area contributed by atoms with Crippen molar-refractivity contribution in [3.05, 3.63) is 65.2 Å². The molecule has 3 aromatic rings. The van der Waals surface area contributed by atoms with Gasteiger partial charge in [0.1, 0.15) is 10.8 Å². The molecule has 0 atom stereocenters. The Morgan fingerprint density at radius 1 is 1.00 bits per heavy atom. The van der Waals surface area contributed by atoms with Gasteiger partial charge in [0.25, 0.3) is 0 Å². The highest BCUT2D eigenvalue weighted by molar-refractivity contribution is 7.98. The Hall–Kier alpha value is -1.99. The Labute approximate surface area is 145 Å². The van der Waals surface area contributed by atoms with E-state index in [0.717, 1.165) is 22.7 Å². The number of rotatable bonds is 4.